The minimum atomic E-state index is -0.101. The Labute approximate surface area is 143 Å². The third kappa shape index (κ3) is 3.70. The highest BCUT2D eigenvalue weighted by molar-refractivity contribution is 6.06. The monoisotopic (exact) mass is 323 g/mol. The lowest BCUT2D eigenvalue weighted by Gasteiger charge is -2.33. The number of carbonyl (C=O) groups is 1. The van der Waals surface area contributed by atoms with Gasteiger partial charge in [0.25, 0.3) is 5.91 Å². The van der Waals surface area contributed by atoms with Crippen molar-refractivity contribution in [3.05, 3.63) is 53.6 Å². The van der Waals surface area contributed by atoms with Crippen molar-refractivity contribution in [3.8, 4) is 0 Å². The van der Waals surface area contributed by atoms with Crippen molar-refractivity contribution in [2.24, 2.45) is 5.92 Å². The summed E-state index contributed by atoms with van der Waals surface area (Å²) in [6, 6.07) is 13.4. The topological polar surface area (TPSA) is 58.4 Å². The molecule has 2 aromatic rings. The van der Waals surface area contributed by atoms with Crippen LogP contribution in [0.3, 0.4) is 0 Å². The molecule has 3 N–H and O–H groups in total. The number of carbonyl (C=O) groups excluding carboxylic acids is 1. The summed E-state index contributed by atoms with van der Waals surface area (Å²) < 4.78 is 0. The molecule has 126 valence electrons. The Kier molecular flexibility index (Phi) is 4.74. The van der Waals surface area contributed by atoms with Gasteiger partial charge in [-0.15, -0.1) is 0 Å². The highest BCUT2D eigenvalue weighted by Gasteiger charge is 2.19. The van der Waals surface area contributed by atoms with Gasteiger partial charge in [0.1, 0.15) is 0 Å². The van der Waals surface area contributed by atoms with Crippen molar-refractivity contribution in [2.45, 2.75) is 26.7 Å². The summed E-state index contributed by atoms with van der Waals surface area (Å²) >= 11 is 0. The van der Waals surface area contributed by atoms with E-state index in [0.29, 0.717) is 11.3 Å². The second kappa shape index (κ2) is 6.95. The fourth-order valence-electron chi connectivity index (χ4n) is 3.16. The van der Waals surface area contributed by atoms with Crippen molar-refractivity contribution in [3.63, 3.8) is 0 Å². The average molecular weight is 323 g/mol. The normalized spacial score (nSPS) is 15.3. The predicted molar refractivity (Wildman–Crippen MR) is 101 cm³/mol. The van der Waals surface area contributed by atoms with Crippen LogP contribution in [0.4, 0.5) is 17.1 Å². The zero-order valence-corrected chi connectivity index (χ0v) is 14.4. The maximum atomic E-state index is 12.6. The maximum Gasteiger partial charge on any atom is 0.255 e. The Hall–Kier alpha value is -2.49. The Balaban J connectivity index is 1.84. The summed E-state index contributed by atoms with van der Waals surface area (Å²) in [5.74, 6) is 0.663. The Bertz CT molecular complexity index is 733. The van der Waals surface area contributed by atoms with Crippen molar-refractivity contribution in [1.29, 1.82) is 0 Å². The molecule has 1 aliphatic rings. The van der Waals surface area contributed by atoms with E-state index in [4.69, 9.17) is 5.73 Å². The van der Waals surface area contributed by atoms with E-state index in [0.717, 1.165) is 35.9 Å². The Morgan fingerprint density at radius 3 is 2.62 bits per heavy atom. The van der Waals surface area contributed by atoms with E-state index in [1.807, 2.05) is 49.4 Å². The summed E-state index contributed by atoms with van der Waals surface area (Å²) in [6.45, 7) is 6.30. The van der Waals surface area contributed by atoms with E-state index in [-0.39, 0.29) is 5.91 Å². The van der Waals surface area contributed by atoms with Crippen LogP contribution in [-0.4, -0.2) is 19.0 Å². The number of nitrogen functional groups attached to an aromatic ring is 1. The molecule has 0 radical (unpaired) electrons. The van der Waals surface area contributed by atoms with Gasteiger partial charge in [-0.1, -0.05) is 24.6 Å². The molecule has 0 bridgehead atoms. The zero-order chi connectivity index (χ0) is 17.1. The first-order valence-corrected chi connectivity index (χ1v) is 8.55. The molecule has 24 heavy (non-hydrogen) atoms. The number of benzene rings is 2. The lowest BCUT2D eigenvalue weighted by atomic mass is 9.98. The van der Waals surface area contributed by atoms with Crippen LogP contribution in [0.1, 0.15) is 35.7 Å². The van der Waals surface area contributed by atoms with Crippen molar-refractivity contribution in [1.82, 2.24) is 0 Å². The molecule has 2 aromatic carbocycles. The van der Waals surface area contributed by atoms with Crippen LogP contribution in [0.2, 0.25) is 0 Å². The average Bonchev–Trinajstić information content (AvgIpc) is 2.56. The summed E-state index contributed by atoms with van der Waals surface area (Å²) in [7, 11) is 0. The van der Waals surface area contributed by atoms with Gasteiger partial charge in [0, 0.05) is 24.3 Å². The second-order valence-electron chi connectivity index (χ2n) is 6.77. The van der Waals surface area contributed by atoms with Crippen LogP contribution in [-0.2, 0) is 0 Å². The molecule has 0 aliphatic carbocycles. The molecule has 0 atom stereocenters. The van der Waals surface area contributed by atoms with Crippen LogP contribution in [0.5, 0.6) is 0 Å². The van der Waals surface area contributed by atoms with Gasteiger partial charge >= 0.3 is 0 Å². The van der Waals surface area contributed by atoms with Gasteiger partial charge in [0.15, 0.2) is 0 Å². The summed E-state index contributed by atoms with van der Waals surface area (Å²) in [5, 5.41) is 3.04. The van der Waals surface area contributed by atoms with Gasteiger partial charge in [0.05, 0.1) is 11.4 Å². The van der Waals surface area contributed by atoms with E-state index >= 15 is 0 Å². The van der Waals surface area contributed by atoms with Gasteiger partial charge < -0.3 is 16.0 Å². The minimum absolute atomic E-state index is 0.101. The molecule has 1 aliphatic heterocycles. The third-order valence-corrected chi connectivity index (χ3v) is 4.67. The highest BCUT2D eigenvalue weighted by atomic mass is 16.1. The largest absolute Gasteiger partial charge is 0.399 e. The summed E-state index contributed by atoms with van der Waals surface area (Å²) in [6.07, 6.45) is 2.35. The van der Waals surface area contributed by atoms with Crippen molar-refractivity contribution >= 4 is 23.0 Å². The first-order valence-electron chi connectivity index (χ1n) is 8.55. The molecule has 1 heterocycles. The molecule has 4 heteroatoms. The number of nitrogens with one attached hydrogen (secondary N) is 1. The van der Waals surface area contributed by atoms with E-state index in [1.54, 1.807) is 0 Å². The first kappa shape index (κ1) is 16.4. The van der Waals surface area contributed by atoms with Gasteiger partial charge in [-0.3, -0.25) is 4.79 Å². The number of nitrogens with zero attached hydrogens (tertiary/aromatic N) is 1. The maximum absolute atomic E-state index is 12.6. The standard InChI is InChI=1S/C20H25N3O/c1-14-8-10-23(11-9-14)19-7-6-17(21)13-18(19)22-20(24)16-5-3-4-15(2)12-16/h3-7,12-14H,8-11,21H2,1-2H3,(H,22,24). The molecule has 0 aromatic heterocycles. The van der Waals surface area contributed by atoms with Crippen LogP contribution in [0, 0.1) is 12.8 Å². The number of amides is 1. The van der Waals surface area contributed by atoms with E-state index in [9.17, 15) is 4.79 Å². The number of aryl methyl sites for hydroxylation is 1. The van der Waals surface area contributed by atoms with Gasteiger partial charge in [0.2, 0.25) is 0 Å². The van der Waals surface area contributed by atoms with Crippen molar-refractivity contribution < 1.29 is 4.79 Å². The third-order valence-electron chi connectivity index (χ3n) is 4.67. The molecule has 0 saturated carbocycles. The fraction of sp³-hybridized carbons (Fsp3) is 0.350. The summed E-state index contributed by atoms with van der Waals surface area (Å²) in [5.41, 5.74) is 10.2. The SMILES string of the molecule is Cc1cccc(C(=O)Nc2cc(N)ccc2N2CCC(C)CC2)c1. The van der Waals surface area contributed by atoms with Crippen molar-refractivity contribution in [2.75, 3.05) is 29.0 Å². The molecule has 4 nitrogen and oxygen atoms in total. The molecule has 0 spiro atoms. The molecular weight excluding hydrogens is 298 g/mol. The lowest BCUT2D eigenvalue weighted by molar-refractivity contribution is 0.102. The van der Waals surface area contributed by atoms with E-state index < -0.39 is 0 Å². The molecule has 3 rings (SSSR count). The number of rotatable bonds is 3. The van der Waals surface area contributed by atoms with Crippen LogP contribution < -0.4 is 16.0 Å². The summed E-state index contributed by atoms with van der Waals surface area (Å²) in [4.78, 5) is 14.9. The van der Waals surface area contributed by atoms with Crippen LogP contribution in [0.25, 0.3) is 0 Å². The highest BCUT2D eigenvalue weighted by Crippen LogP contribution is 2.32. The van der Waals surface area contributed by atoms with Crippen LogP contribution >= 0.6 is 0 Å². The lowest BCUT2D eigenvalue weighted by Crippen LogP contribution is -2.33. The number of piperidine rings is 1. The fourth-order valence-corrected chi connectivity index (χ4v) is 3.16. The Morgan fingerprint density at radius 1 is 1.17 bits per heavy atom. The van der Waals surface area contributed by atoms with Gasteiger partial charge in [-0.25, -0.2) is 0 Å². The van der Waals surface area contributed by atoms with E-state index in [1.165, 1.54) is 12.8 Å². The number of hydrogen-bond acceptors (Lipinski definition) is 3. The number of nitrogens with two attached hydrogens (primary N) is 1. The molecule has 1 amide bonds. The minimum Gasteiger partial charge on any atom is -0.399 e. The molecular formula is C20H25N3O. The molecule has 1 saturated heterocycles. The smallest absolute Gasteiger partial charge is 0.255 e. The molecule has 1 fully saturated rings. The second-order valence-corrected chi connectivity index (χ2v) is 6.77. The van der Waals surface area contributed by atoms with E-state index in [2.05, 4.69) is 17.1 Å². The van der Waals surface area contributed by atoms with Gasteiger partial charge in [-0.2, -0.15) is 0 Å². The quantitative estimate of drug-likeness (QED) is 0.837. The molecule has 0 unspecified atom stereocenters. The Morgan fingerprint density at radius 2 is 1.92 bits per heavy atom. The van der Waals surface area contributed by atoms with Gasteiger partial charge in [-0.05, 0) is 56.0 Å². The number of hydrogen-bond donors (Lipinski definition) is 2. The number of anilines is 3. The zero-order valence-electron chi connectivity index (χ0n) is 14.4. The van der Waals surface area contributed by atoms with Crippen LogP contribution in [0.15, 0.2) is 42.5 Å². The first-order chi connectivity index (χ1) is 11.5. The predicted octanol–water partition coefficient (Wildman–Crippen LogP) is 4.07.